The molecule has 1 saturated heterocycles. The molecule has 0 saturated carbocycles. The molecule has 5 rings (SSSR count). The van der Waals surface area contributed by atoms with E-state index >= 15 is 0 Å². The molecule has 43 heavy (non-hydrogen) atoms. The zero-order valence-electron chi connectivity index (χ0n) is 24.1. The second-order valence-electron chi connectivity index (χ2n) is 10.4. The molecular weight excluding hydrogens is 550 g/mol. The summed E-state index contributed by atoms with van der Waals surface area (Å²) in [6.45, 7) is 1.58. The fraction of sp³-hybridized carbons (Fsp3) is 0.303. The van der Waals surface area contributed by atoms with E-state index in [0.29, 0.717) is 17.1 Å². The zero-order chi connectivity index (χ0) is 30.6. The molecular formula is C33H33N3O7. The van der Waals surface area contributed by atoms with Crippen molar-refractivity contribution < 1.29 is 24.1 Å². The molecule has 1 aliphatic heterocycles. The van der Waals surface area contributed by atoms with Crippen molar-refractivity contribution in [2.24, 2.45) is 0 Å². The summed E-state index contributed by atoms with van der Waals surface area (Å²) >= 11 is 0. The smallest absolute Gasteiger partial charge is 0.330 e. The minimum Gasteiger partial charge on any atom is -0.497 e. The quantitative estimate of drug-likeness (QED) is 0.269. The predicted octanol–water partition coefficient (Wildman–Crippen LogP) is 3.80. The summed E-state index contributed by atoms with van der Waals surface area (Å²) in [6.07, 6.45) is -2.50. The minimum absolute atomic E-state index is 0.0603. The predicted molar refractivity (Wildman–Crippen MR) is 158 cm³/mol. The number of H-pyrrole nitrogens is 1. The third-order valence-electron chi connectivity index (χ3n) is 7.75. The van der Waals surface area contributed by atoms with Crippen molar-refractivity contribution in [3.8, 4) is 17.6 Å². The van der Waals surface area contributed by atoms with Gasteiger partial charge in [0.2, 0.25) is 0 Å². The number of rotatable bonds is 10. The van der Waals surface area contributed by atoms with Crippen LogP contribution in [-0.4, -0.2) is 47.2 Å². The molecule has 0 unspecified atom stereocenters. The van der Waals surface area contributed by atoms with Gasteiger partial charge in [0.15, 0.2) is 0 Å². The van der Waals surface area contributed by atoms with E-state index in [2.05, 4.69) is 11.1 Å². The third kappa shape index (κ3) is 5.83. The van der Waals surface area contributed by atoms with E-state index in [-0.39, 0.29) is 12.8 Å². The SMILES string of the molecule is COc1ccc(C(O[C@@H](CC#N)[C@H]2O[C@@H](n3cc(C)c(=O)[nH]c3=O)C[C@@H]2O)(c2ccccc2)c2ccc(OC)cc2)cc1. The molecule has 1 aliphatic rings. The molecule has 0 amide bonds. The van der Waals surface area contributed by atoms with E-state index < -0.39 is 41.4 Å². The van der Waals surface area contributed by atoms with Gasteiger partial charge in [0, 0.05) is 18.2 Å². The lowest BCUT2D eigenvalue weighted by molar-refractivity contribution is -0.142. The van der Waals surface area contributed by atoms with Gasteiger partial charge in [-0.2, -0.15) is 5.26 Å². The molecule has 0 spiro atoms. The van der Waals surface area contributed by atoms with E-state index in [0.717, 1.165) is 16.7 Å². The summed E-state index contributed by atoms with van der Waals surface area (Å²) in [5.41, 5.74) is 0.217. The van der Waals surface area contributed by atoms with Crippen LogP contribution in [0.4, 0.5) is 0 Å². The number of aromatic amines is 1. The van der Waals surface area contributed by atoms with E-state index in [9.17, 15) is 20.0 Å². The number of aromatic nitrogens is 2. The maximum atomic E-state index is 12.6. The average molecular weight is 584 g/mol. The normalized spacial score (nSPS) is 19.0. The molecule has 1 aromatic heterocycles. The second kappa shape index (κ2) is 12.7. The number of nitrogens with zero attached hydrogens (tertiary/aromatic N) is 2. The molecule has 0 radical (unpaired) electrons. The van der Waals surface area contributed by atoms with Crippen LogP contribution in [0, 0.1) is 18.3 Å². The summed E-state index contributed by atoms with van der Waals surface area (Å²) in [6, 6.07) is 26.7. The number of hydrogen-bond donors (Lipinski definition) is 2. The molecule has 3 aromatic carbocycles. The standard InChI is InChI=1S/C33H33N3O7/c1-21-20-36(32(39)35-31(21)38)29-19-27(37)30(42-29)28(17-18-34)43-33(22-7-5-4-6-8-22,23-9-13-25(40-2)14-10-23)24-11-15-26(41-3)16-12-24/h4-16,20,27-30,37H,17,19H2,1-3H3,(H,35,38,39)/t27-,28-,29+,30-/m0/s1. The number of nitriles is 1. The van der Waals surface area contributed by atoms with Crippen LogP contribution in [0.25, 0.3) is 0 Å². The summed E-state index contributed by atoms with van der Waals surface area (Å²) in [4.78, 5) is 26.8. The molecule has 2 heterocycles. The fourth-order valence-corrected chi connectivity index (χ4v) is 5.55. The first-order valence-corrected chi connectivity index (χ1v) is 13.9. The Balaban J connectivity index is 1.63. The second-order valence-corrected chi connectivity index (χ2v) is 10.4. The number of aliphatic hydroxyl groups excluding tert-OH is 1. The monoisotopic (exact) mass is 583 g/mol. The first-order valence-electron chi connectivity index (χ1n) is 13.9. The van der Waals surface area contributed by atoms with Crippen LogP contribution in [0.2, 0.25) is 0 Å². The van der Waals surface area contributed by atoms with Crippen LogP contribution < -0.4 is 20.7 Å². The Bertz CT molecular complexity index is 1640. The Morgan fingerprint density at radius 1 is 0.977 bits per heavy atom. The highest BCUT2D eigenvalue weighted by molar-refractivity contribution is 5.50. The van der Waals surface area contributed by atoms with Crippen LogP contribution in [-0.2, 0) is 15.1 Å². The van der Waals surface area contributed by atoms with Gasteiger partial charge in [-0.25, -0.2) is 4.79 Å². The molecule has 10 nitrogen and oxygen atoms in total. The van der Waals surface area contributed by atoms with E-state index in [1.165, 1.54) is 10.8 Å². The van der Waals surface area contributed by atoms with Gasteiger partial charge in [-0.15, -0.1) is 0 Å². The van der Waals surface area contributed by atoms with Gasteiger partial charge in [-0.05, 0) is 47.9 Å². The van der Waals surface area contributed by atoms with Crippen molar-refractivity contribution in [1.29, 1.82) is 5.26 Å². The first-order chi connectivity index (χ1) is 20.8. The number of aryl methyl sites for hydroxylation is 1. The van der Waals surface area contributed by atoms with E-state index in [1.54, 1.807) is 21.1 Å². The molecule has 0 bridgehead atoms. The maximum Gasteiger partial charge on any atom is 0.330 e. The molecule has 4 aromatic rings. The maximum absolute atomic E-state index is 12.6. The van der Waals surface area contributed by atoms with Gasteiger partial charge < -0.3 is 24.1 Å². The molecule has 4 atom stereocenters. The number of ether oxygens (including phenoxy) is 4. The third-order valence-corrected chi connectivity index (χ3v) is 7.75. The zero-order valence-corrected chi connectivity index (χ0v) is 24.1. The lowest BCUT2D eigenvalue weighted by Gasteiger charge is -2.40. The van der Waals surface area contributed by atoms with Gasteiger partial charge in [0.05, 0.1) is 32.8 Å². The molecule has 1 fully saturated rings. The van der Waals surface area contributed by atoms with Crippen molar-refractivity contribution in [3.05, 3.63) is 128 Å². The lowest BCUT2D eigenvalue weighted by atomic mass is 9.79. The Hall–Kier alpha value is -4.69. The van der Waals surface area contributed by atoms with Crippen molar-refractivity contribution in [1.82, 2.24) is 9.55 Å². The van der Waals surface area contributed by atoms with Crippen LogP contribution >= 0.6 is 0 Å². The molecule has 2 N–H and O–H groups in total. The van der Waals surface area contributed by atoms with Crippen LogP contribution in [0.1, 0.15) is 41.3 Å². The van der Waals surface area contributed by atoms with Crippen molar-refractivity contribution in [3.63, 3.8) is 0 Å². The lowest BCUT2D eigenvalue weighted by Crippen LogP contribution is -2.44. The Morgan fingerprint density at radius 3 is 2.07 bits per heavy atom. The fourth-order valence-electron chi connectivity index (χ4n) is 5.55. The first kappa shape index (κ1) is 29.8. The Morgan fingerprint density at radius 2 is 1.53 bits per heavy atom. The largest absolute Gasteiger partial charge is 0.497 e. The number of hydrogen-bond acceptors (Lipinski definition) is 8. The Labute approximate surface area is 248 Å². The highest BCUT2D eigenvalue weighted by Crippen LogP contribution is 2.44. The number of aliphatic hydroxyl groups is 1. The molecule has 222 valence electrons. The van der Waals surface area contributed by atoms with Gasteiger partial charge in [0.25, 0.3) is 5.56 Å². The summed E-state index contributed by atoms with van der Waals surface area (Å²) in [5, 5.41) is 21.2. The summed E-state index contributed by atoms with van der Waals surface area (Å²) < 4.78 is 25.4. The van der Waals surface area contributed by atoms with Gasteiger partial charge in [0.1, 0.15) is 35.5 Å². The summed E-state index contributed by atoms with van der Waals surface area (Å²) in [5.74, 6) is 1.32. The van der Waals surface area contributed by atoms with E-state index in [4.69, 9.17) is 18.9 Å². The van der Waals surface area contributed by atoms with E-state index in [1.807, 2.05) is 78.9 Å². The number of benzene rings is 3. The topological polar surface area (TPSA) is 136 Å². The van der Waals surface area contributed by atoms with Gasteiger partial charge in [-0.3, -0.25) is 14.3 Å². The van der Waals surface area contributed by atoms with Crippen molar-refractivity contribution in [2.45, 2.75) is 49.9 Å². The number of nitrogens with one attached hydrogen (secondary N) is 1. The van der Waals surface area contributed by atoms with Crippen LogP contribution in [0.15, 0.2) is 94.6 Å². The molecule has 10 heteroatoms. The van der Waals surface area contributed by atoms with Gasteiger partial charge >= 0.3 is 5.69 Å². The van der Waals surface area contributed by atoms with Gasteiger partial charge in [-0.1, -0.05) is 54.6 Å². The van der Waals surface area contributed by atoms with Crippen LogP contribution in [0.3, 0.4) is 0 Å². The molecule has 0 aliphatic carbocycles. The Kier molecular flexibility index (Phi) is 8.78. The van der Waals surface area contributed by atoms with Crippen molar-refractivity contribution in [2.75, 3.05) is 14.2 Å². The number of methoxy groups -OCH3 is 2. The minimum atomic E-state index is -1.26. The summed E-state index contributed by atoms with van der Waals surface area (Å²) in [7, 11) is 3.18. The highest BCUT2D eigenvalue weighted by Gasteiger charge is 2.47. The highest BCUT2D eigenvalue weighted by atomic mass is 16.6. The van der Waals surface area contributed by atoms with Crippen molar-refractivity contribution >= 4 is 0 Å². The average Bonchev–Trinajstić information content (AvgIpc) is 3.42. The van der Waals surface area contributed by atoms with Crippen LogP contribution in [0.5, 0.6) is 11.5 Å².